The van der Waals surface area contributed by atoms with Crippen molar-refractivity contribution in [2.24, 2.45) is 5.92 Å². The molecule has 0 spiro atoms. The van der Waals surface area contributed by atoms with Gasteiger partial charge in [-0.05, 0) is 25.0 Å². The van der Waals surface area contributed by atoms with Gasteiger partial charge in [0.1, 0.15) is 8.07 Å². The molecule has 0 N–H and O–H groups in total. The van der Waals surface area contributed by atoms with E-state index in [1.165, 1.54) is 14.2 Å². The van der Waals surface area contributed by atoms with Gasteiger partial charge in [-0.1, -0.05) is 25.6 Å². The molecule has 2 rings (SSSR count). The Morgan fingerprint density at radius 3 is 2.24 bits per heavy atom. The van der Waals surface area contributed by atoms with Crippen LogP contribution in [0.1, 0.15) is 23.2 Å². The van der Waals surface area contributed by atoms with Gasteiger partial charge in [-0.2, -0.15) is 0 Å². The summed E-state index contributed by atoms with van der Waals surface area (Å²) < 4.78 is 21.8. The lowest BCUT2D eigenvalue weighted by atomic mass is 10.1. The lowest BCUT2D eigenvalue weighted by molar-refractivity contribution is 0.0599. The van der Waals surface area contributed by atoms with Gasteiger partial charge in [-0.25, -0.2) is 4.79 Å². The van der Waals surface area contributed by atoms with Crippen LogP contribution < -0.4 is 14.2 Å². The molecule has 136 valence electrons. The molecule has 1 fully saturated rings. The zero-order chi connectivity index (χ0) is 18.6. The molecule has 25 heavy (non-hydrogen) atoms. The third kappa shape index (κ3) is 5.17. The minimum Gasteiger partial charge on any atom is -0.493 e. The van der Waals surface area contributed by atoms with Crippen molar-refractivity contribution in [1.29, 1.82) is 0 Å². The van der Waals surface area contributed by atoms with E-state index >= 15 is 0 Å². The molecule has 0 bridgehead atoms. The standard InChI is InChI=1S/C19H26O5Si/c1-21-16-11-14(19(20)23-3)12-17(18(16)22-2)24-15(13-7-8-13)9-10-25(4,5)6/h11-13,15H,7-8H2,1-6H3. The van der Waals surface area contributed by atoms with Crippen LogP contribution in [0.5, 0.6) is 17.2 Å². The molecular weight excluding hydrogens is 336 g/mol. The van der Waals surface area contributed by atoms with Gasteiger partial charge >= 0.3 is 5.97 Å². The highest BCUT2D eigenvalue weighted by molar-refractivity contribution is 6.83. The minimum atomic E-state index is -1.50. The van der Waals surface area contributed by atoms with E-state index in [1.807, 2.05) is 0 Å². The number of carbonyl (C=O) groups excluding carboxylic acids is 1. The first-order valence-corrected chi connectivity index (χ1v) is 11.8. The van der Waals surface area contributed by atoms with Crippen molar-refractivity contribution < 1.29 is 23.7 Å². The maximum atomic E-state index is 11.9. The summed E-state index contributed by atoms with van der Waals surface area (Å²) in [7, 11) is 2.90. The van der Waals surface area contributed by atoms with Crippen LogP contribution >= 0.6 is 0 Å². The number of hydrogen-bond acceptors (Lipinski definition) is 5. The van der Waals surface area contributed by atoms with Crippen molar-refractivity contribution >= 4 is 14.0 Å². The van der Waals surface area contributed by atoms with Crippen LogP contribution in [0.25, 0.3) is 0 Å². The van der Waals surface area contributed by atoms with Crippen molar-refractivity contribution in [2.45, 2.75) is 38.6 Å². The lowest BCUT2D eigenvalue weighted by Crippen LogP contribution is -2.22. The summed E-state index contributed by atoms with van der Waals surface area (Å²) in [5.74, 6) is 4.59. The molecule has 1 aromatic carbocycles. The molecule has 0 aromatic heterocycles. The summed E-state index contributed by atoms with van der Waals surface area (Å²) in [5.41, 5.74) is 3.73. The average molecular weight is 362 g/mol. The van der Waals surface area contributed by atoms with Gasteiger partial charge in [-0.15, -0.1) is 5.54 Å². The summed E-state index contributed by atoms with van der Waals surface area (Å²) in [6.45, 7) is 6.60. The van der Waals surface area contributed by atoms with Crippen LogP contribution in [0.2, 0.25) is 19.6 Å². The smallest absolute Gasteiger partial charge is 0.338 e. The number of ether oxygens (including phenoxy) is 4. The average Bonchev–Trinajstić information content (AvgIpc) is 3.40. The molecule has 0 saturated heterocycles. The highest BCUT2D eigenvalue weighted by Crippen LogP contribution is 2.42. The monoisotopic (exact) mass is 362 g/mol. The maximum Gasteiger partial charge on any atom is 0.338 e. The highest BCUT2D eigenvalue weighted by Gasteiger charge is 2.33. The number of carbonyl (C=O) groups is 1. The van der Waals surface area contributed by atoms with E-state index < -0.39 is 14.0 Å². The summed E-state index contributed by atoms with van der Waals surface area (Å²) in [5, 5.41) is 0. The third-order valence-electron chi connectivity index (χ3n) is 3.76. The normalized spacial score (nSPS) is 14.8. The summed E-state index contributed by atoms with van der Waals surface area (Å²) in [6.07, 6.45) is 1.99. The second-order valence-electron chi connectivity index (χ2n) is 7.10. The Labute approximate surface area is 150 Å². The Morgan fingerprint density at radius 2 is 1.76 bits per heavy atom. The Bertz CT molecular complexity index is 692. The fraction of sp³-hybridized carbons (Fsp3) is 0.526. The molecule has 0 heterocycles. The topological polar surface area (TPSA) is 54.0 Å². The van der Waals surface area contributed by atoms with E-state index in [-0.39, 0.29) is 6.10 Å². The lowest BCUT2D eigenvalue weighted by Gasteiger charge is -2.19. The second kappa shape index (κ2) is 7.83. The van der Waals surface area contributed by atoms with Gasteiger partial charge in [0.05, 0.1) is 26.9 Å². The van der Waals surface area contributed by atoms with E-state index in [9.17, 15) is 4.79 Å². The van der Waals surface area contributed by atoms with Gasteiger partial charge in [0.2, 0.25) is 5.75 Å². The molecule has 0 amide bonds. The molecular formula is C19H26O5Si. The second-order valence-corrected chi connectivity index (χ2v) is 11.8. The van der Waals surface area contributed by atoms with E-state index in [2.05, 4.69) is 31.1 Å². The molecule has 1 aromatic rings. The Balaban J connectivity index is 2.40. The number of methoxy groups -OCH3 is 3. The molecule has 0 aliphatic heterocycles. The van der Waals surface area contributed by atoms with Crippen molar-refractivity contribution in [2.75, 3.05) is 21.3 Å². The van der Waals surface area contributed by atoms with E-state index in [0.717, 1.165) is 12.8 Å². The number of esters is 1. The van der Waals surface area contributed by atoms with Gasteiger partial charge in [0.25, 0.3) is 0 Å². The van der Waals surface area contributed by atoms with Crippen molar-refractivity contribution in [3.05, 3.63) is 17.7 Å². The summed E-state index contributed by atoms with van der Waals surface area (Å²) in [4.78, 5) is 11.9. The Hall–Kier alpha value is -2.13. The SMILES string of the molecule is COC(=O)c1cc(OC)c(OC)c(OC(C#C[Si](C)(C)C)C2CC2)c1. The molecule has 0 radical (unpaired) electrons. The van der Waals surface area contributed by atoms with E-state index in [0.29, 0.717) is 28.7 Å². The highest BCUT2D eigenvalue weighted by atomic mass is 28.3. The quantitative estimate of drug-likeness (QED) is 0.440. The van der Waals surface area contributed by atoms with Crippen LogP contribution in [0.3, 0.4) is 0 Å². The number of benzene rings is 1. The molecule has 1 aliphatic rings. The van der Waals surface area contributed by atoms with Crippen LogP contribution in [0.15, 0.2) is 12.1 Å². The third-order valence-corrected chi connectivity index (χ3v) is 4.65. The summed E-state index contributed by atoms with van der Waals surface area (Å²) >= 11 is 0. The van der Waals surface area contributed by atoms with Crippen molar-refractivity contribution in [1.82, 2.24) is 0 Å². The van der Waals surface area contributed by atoms with Crippen LogP contribution in [-0.4, -0.2) is 41.5 Å². The van der Waals surface area contributed by atoms with Crippen molar-refractivity contribution in [3.63, 3.8) is 0 Å². The molecule has 1 atom stereocenters. The molecule has 6 heteroatoms. The fourth-order valence-electron chi connectivity index (χ4n) is 2.32. The number of hydrogen-bond donors (Lipinski definition) is 0. The van der Waals surface area contributed by atoms with Crippen LogP contribution in [0, 0.1) is 17.4 Å². The van der Waals surface area contributed by atoms with Crippen molar-refractivity contribution in [3.8, 4) is 28.7 Å². The first kappa shape index (κ1) is 19.2. The first-order valence-electron chi connectivity index (χ1n) is 8.32. The minimum absolute atomic E-state index is 0.210. The zero-order valence-electron chi connectivity index (χ0n) is 15.8. The van der Waals surface area contributed by atoms with E-state index in [4.69, 9.17) is 18.9 Å². The zero-order valence-corrected chi connectivity index (χ0v) is 16.8. The maximum absolute atomic E-state index is 11.9. The van der Waals surface area contributed by atoms with Gasteiger partial charge in [0, 0.05) is 5.92 Å². The Morgan fingerprint density at radius 1 is 1.12 bits per heavy atom. The summed E-state index contributed by atoms with van der Waals surface area (Å²) in [6, 6.07) is 3.20. The van der Waals surface area contributed by atoms with E-state index in [1.54, 1.807) is 19.2 Å². The predicted molar refractivity (Wildman–Crippen MR) is 99.1 cm³/mol. The molecule has 1 aliphatic carbocycles. The Kier molecular flexibility index (Phi) is 6.01. The largest absolute Gasteiger partial charge is 0.493 e. The number of rotatable bonds is 6. The first-order chi connectivity index (χ1) is 11.8. The van der Waals surface area contributed by atoms with Crippen LogP contribution in [0.4, 0.5) is 0 Å². The molecule has 1 saturated carbocycles. The van der Waals surface area contributed by atoms with Gasteiger partial charge < -0.3 is 18.9 Å². The fourth-order valence-corrected chi connectivity index (χ4v) is 2.89. The van der Waals surface area contributed by atoms with Crippen LogP contribution in [-0.2, 0) is 4.74 Å². The molecule has 1 unspecified atom stereocenters. The molecule has 5 nitrogen and oxygen atoms in total. The predicted octanol–water partition coefficient (Wildman–Crippen LogP) is 3.53. The van der Waals surface area contributed by atoms with Gasteiger partial charge in [-0.3, -0.25) is 0 Å². The van der Waals surface area contributed by atoms with Gasteiger partial charge in [0.15, 0.2) is 17.6 Å².